The van der Waals surface area contributed by atoms with Crippen LogP contribution in [0.1, 0.15) is 121 Å². The number of aryl methyl sites for hydroxylation is 2. The maximum absolute atomic E-state index is 15.0. The fourth-order valence-electron chi connectivity index (χ4n) is 7.42. The SMILES string of the molecule is CCCCC[C@H]1CC[C@H](C2CCC(CCc3ccc(-c4ccc(CCCCCF)cc4F)c(F)c3)CC2)CC1. The second kappa shape index (κ2) is 15.9. The fourth-order valence-corrected chi connectivity index (χ4v) is 7.42. The number of hydrogen-bond acceptors (Lipinski definition) is 0. The van der Waals surface area contributed by atoms with Gasteiger partial charge in [0.05, 0.1) is 6.67 Å². The molecule has 2 aliphatic carbocycles. The molecule has 0 aliphatic heterocycles. The predicted molar refractivity (Wildman–Crippen MR) is 159 cm³/mol. The summed E-state index contributed by atoms with van der Waals surface area (Å²) in [6, 6.07) is 10.4. The fraction of sp³-hybridized carbons (Fsp3) is 0.667. The highest BCUT2D eigenvalue weighted by molar-refractivity contribution is 5.65. The minimum atomic E-state index is -0.383. The molecule has 0 aromatic heterocycles. The summed E-state index contributed by atoms with van der Waals surface area (Å²) < 4.78 is 42.1. The van der Waals surface area contributed by atoms with Gasteiger partial charge in [-0.15, -0.1) is 0 Å². The van der Waals surface area contributed by atoms with E-state index < -0.39 is 0 Å². The first kappa shape index (κ1) is 30.2. The van der Waals surface area contributed by atoms with E-state index in [2.05, 4.69) is 6.92 Å². The number of hydrogen-bond donors (Lipinski definition) is 0. The van der Waals surface area contributed by atoms with Crippen molar-refractivity contribution in [3.63, 3.8) is 0 Å². The van der Waals surface area contributed by atoms with Crippen LogP contribution in [0.4, 0.5) is 13.2 Å². The Balaban J connectivity index is 1.20. The lowest BCUT2D eigenvalue weighted by molar-refractivity contribution is 0.140. The van der Waals surface area contributed by atoms with E-state index in [0.717, 1.165) is 66.9 Å². The van der Waals surface area contributed by atoms with Gasteiger partial charge in [0.15, 0.2) is 0 Å². The minimum Gasteiger partial charge on any atom is -0.251 e. The number of unbranched alkanes of at least 4 members (excludes halogenated alkanes) is 4. The summed E-state index contributed by atoms with van der Waals surface area (Å²) in [5, 5.41) is 0. The molecule has 0 heterocycles. The van der Waals surface area contributed by atoms with Gasteiger partial charge in [0.2, 0.25) is 0 Å². The van der Waals surface area contributed by atoms with Crippen LogP contribution in [0.5, 0.6) is 0 Å². The molecule has 3 heteroatoms. The summed E-state index contributed by atoms with van der Waals surface area (Å²) in [5.41, 5.74) is 2.56. The van der Waals surface area contributed by atoms with Crippen LogP contribution < -0.4 is 0 Å². The molecule has 0 amide bonds. The second-order valence-electron chi connectivity index (χ2n) is 12.7. The molecule has 2 aromatic rings. The maximum Gasteiger partial charge on any atom is 0.131 e. The molecule has 2 aliphatic rings. The first-order valence-electron chi connectivity index (χ1n) is 16.2. The average Bonchev–Trinajstić information content (AvgIpc) is 2.96. The standard InChI is InChI=1S/C36H51F3/c1-2-3-5-8-27-12-18-31(19-13-27)32-20-14-28(15-21-32)10-11-30-17-23-34(36(39)26-30)33-22-16-29(25-35(33)38)9-6-4-7-24-37/h16-17,22-23,25-28,31-32H,2-15,18-21,24H2,1H3/t27-,28?,31-,32?. The summed E-state index contributed by atoms with van der Waals surface area (Å²) in [5.74, 6) is 2.93. The van der Waals surface area contributed by atoms with Gasteiger partial charge in [0.1, 0.15) is 11.6 Å². The Morgan fingerprint density at radius 1 is 0.590 bits per heavy atom. The maximum atomic E-state index is 15.0. The first-order valence-corrected chi connectivity index (χ1v) is 16.2. The summed E-state index contributed by atoms with van der Waals surface area (Å²) in [4.78, 5) is 0. The molecule has 2 aromatic carbocycles. The Kier molecular flexibility index (Phi) is 12.3. The van der Waals surface area contributed by atoms with E-state index in [9.17, 15) is 8.78 Å². The van der Waals surface area contributed by atoms with Crippen molar-refractivity contribution in [2.45, 2.75) is 122 Å². The largest absolute Gasteiger partial charge is 0.251 e. The van der Waals surface area contributed by atoms with Crippen molar-refractivity contribution >= 4 is 0 Å². The quantitative estimate of drug-likeness (QED) is 0.209. The van der Waals surface area contributed by atoms with Crippen LogP contribution in [0, 0.1) is 35.3 Å². The van der Waals surface area contributed by atoms with E-state index >= 15 is 4.39 Å². The lowest BCUT2D eigenvalue weighted by Gasteiger charge is -2.38. The van der Waals surface area contributed by atoms with E-state index in [1.54, 1.807) is 18.2 Å². The molecule has 0 atom stereocenters. The molecule has 0 bridgehead atoms. The molecule has 0 saturated heterocycles. The zero-order chi connectivity index (χ0) is 27.5. The third-order valence-corrected chi connectivity index (χ3v) is 9.96. The Hall–Kier alpha value is -1.77. The van der Waals surface area contributed by atoms with E-state index in [4.69, 9.17) is 0 Å². The van der Waals surface area contributed by atoms with Crippen LogP contribution in [-0.4, -0.2) is 6.67 Å². The lowest BCUT2D eigenvalue weighted by Crippen LogP contribution is -2.26. The summed E-state index contributed by atoms with van der Waals surface area (Å²) in [6.07, 6.45) is 21.8. The van der Waals surface area contributed by atoms with Gasteiger partial charge in [-0.25, -0.2) is 8.78 Å². The smallest absolute Gasteiger partial charge is 0.131 e. The van der Waals surface area contributed by atoms with Crippen molar-refractivity contribution in [3.05, 3.63) is 59.2 Å². The average molecular weight is 541 g/mol. The summed E-state index contributed by atoms with van der Waals surface area (Å²) >= 11 is 0. The minimum absolute atomic E-state index is 0.302. The highest BCUT2D eigenvalue weighted by Crippen LogP contribution is 2.43. The molecular weight excluding hydrogens is 489 g/mol. The molecular formula is C36H51F3. The van der Waals surface area contributed by atoms with Crippen molar-refractivity contribution < 1.29 is 13.2 Å². The van der Waals surface area contributed by atoms with Crippen molar-refractivity contribution in [2.24, 2.45) is 23.7 Å². The second-order valence-corrected chi connectivity index (χ2v) is 12.7. The van der Waals surface area contributed by atoms with Crippen molar-refractivity contribution in [1.82, 2.24) is 0 Å². The van der Waals surface area contributed by atoms with E-state index in [1.807, 2.05) is 12.1 Å². The van der Waals surface area contributed by atoms with E-state index in [1.165, 1.54) is 83.1 Å². The Morgan fingerprint density at radius 2 is 1.13 bits per heavy atom. The number of rotatable bonds is 14. The molecule has 0 spiro atoms. The highest BCUT2D eigenvalue weighted by atomic mass is 19.1. The molecule has 2 saturated carbocycles. The zero-order valence-electron chi connectivity index (χ0n) is 24.3. The molecule has 4 rings (SSSR count). The Bertz CT molecular complexity index is 983. The van der Waals surface area contributed by atoms with Crippen LogP contribution in [0.15, 0.2) is 36.4 Å². The Morgan fingerprint density at radius 3 is 1.64 bits per heavy atom. The van der Waals surface area contributed by atoms with Crippen LogP contribution in [0.3, 0.4) is 0 Å². The predicted octanol–water partition coefficient (Wildman–Crippen LogP) is 11.4. The van der Waals surface area contributed by atoms with Gasteiger partial charge in [-0.3, -0.25) is 4.39 Å². The molecule has 0 nitrogen and oxygen atoms in total. The molecule has 216 valence electrons. The lowest BCUT2D eigenvalue weighted by atomic mass is 9.68. The number of alkyl halides is 1. The van der Waals surface area contributed by atoms with Crippen LogP contribution in [0.25, 0.3) is 11.1 Å². The molecule has 0 unspecified atom stereocenters. The van der Waals surface area contributed by atoms with Crippen molar-refractivity contribution in [2.75, 3.05) is 6.67 Å². The number of halogens is 3. The molecule has 39 heavy (non-hydrogen) atoms. The van der Waals surface area contributed by atoms with Gasteiger partial charge in [-0.05, 0) is 105 Å². The van der Waals surface area contributed by atoms with E-state index in [0.29, 0.717) is 17.5 Å². The van der Waals surface area contributed by atoms with Crippen molar-refractivity contribution in [1.29, 1.82) is 0 Å². The van der Waals surface area contributed by atoms with Gasteiger partial charge in [-0.2, -0.15) is 0 Å². The van der Waals surface area contributed by atoms with Gasteiger partial charge >= 0.3 is 0 Å². The van der Waals surface area contributed by atoms with Gasteiger partial charge in [0, 0.05) is 11.1 Å². The van der Waals surface area contributed by atoms with Gasteiger partial charge in [0.25, 0.3) is 0 Å². The molecule has 2 fully saturated rings. The zero-order valence-corrected chi connectivity index (χ0v) is 24.3. The van der Waals surface area contributed by atoms with E-state index in [-0.39, 0.29) is 18.3 Å². The van der Waals surface area contributed by atoms with Crippen LogP contribution in [-0.2, 0) is 12.8 Å². The Labute approximate surface area is 236 Å². The van der Waals surface area contributed by atoms with Gasteiger partial charge in [-0.1, -0.05) is 89.0 Å². The first-order chi connectivity index (χ1) is 19.1. The van der Waals surface area contributed by atoms with Gasteiger partial charge < -0.3 is 0 Å². The summed E-state index contributed by atoms with van der Waals surface area (Å²) in [7, 11) is 0. The highest BCUT2D eigenvalue weighted by Gasteiger charge is 2.30. The van der Waals surface area contributed by atoms with Crippen molar-refractivity contribution in [3.8, 4) is 11.1 Å². The third kappa shape index (κ3) is 9.12. The molecule has 0 N–H and O–H groups in total. The summed E-state index contributed by atoms with van der Waals surface area (Å²) in [6.45, 7) is 2.00. The number of benzene rings is 2. The van der Waals surface area contributed by atoms with Crippen LogP contribution >= 0.6 is 0 Å². The monoisotopic (exact) mass is 540 g/mol. The normalized spacial score (nSPS) is 23.7. The molecule has 0 radical (unpaired) electrons. The topological polar surface area (TPSA) is 0 Å². The third-order valence-electron chi connectivity index (χ3n) is 9.96. The van der Waals surface area contributed by atoms with Crippen LogP contribution in [0.2, 0.25) is 0 Å².